The lowest BCUT2D eigenvalue weighted by Crippen LogP contribution is -2.32. The van der Waals surface area contributed by atoms with E-state index in [-0.39, 0.29) is 18.6 Å². The highest BCUT2D eigenvalue weighted by molar-refractivity contribution is 5.85. The van der Waals surface area contributed by atoms with Crippen LogP contribution in [0.4, 0.5) is 4.79 Å². The second kappa shape index (κ2) is 3.37. The van der Waals surface area contributed by atoms with Crippen LogP contribution in [-0.2, 0) is 0 Å². The van der Waals surface area contributed by atoms with E-state index in [0.717, 1.165) is 0 Å². The normalized spacial score (nSPS) is 23.2. The van der Waals surface area contributed by atoms with E-state index in [1.54, 1.807) is 0 Å². The molecule has 0 fully saturated rings. The van der Waals surface area contributed by atoms with Gasteiger partial charge in [0, 0.05) is 6.54 Å². The Labute approximate surface area is 58.1 Å². The number of halogens is 1. The van der Waals surface area contributed by atoms with Gasteiger partial charge in [0.15, 0.2) is 6.17 Å². The molecule has 0 saturated carbocycles. The first-order valence-electron chi connectivity index (χ1n) is 2.24. The van der Waals surface area contributed by atoms with E-state index in [1.165, 1.54) is 0 Å². The number of nitrogens with one attached hydrogen (secondary N) is 1. The van der Waals surface area contributed by atoms with Crippen molar-refractivity contribution < 1.29 is 4.79 Å². The summed E-state index contributed by atoms with van der Waals surface area (Å²) in [7, 11) is 0. The summed E-state index contributed by atoms with van der Waals surface area (Å²) in [4.78, 5) is 10.2. The topological polar surface area (TPSA) is 79.8 Å². The van der Waals surface area contributed by atoms with Gasteiger partial charge in [-0.2, -0.15) is 5.11 Å². The van der Waals surface area contributed by atoms with Gasteiger partial charge in [0.25, 0.3) is 0 Å². The molecule has 1 heterocycles. The Bertz CT molecular complexity index is 136. The van der Waals surface area contributed by atoms with E-state index in [9.17, 15) is 4.79 Å². The number of amides is 2. The van der Waals surface area contributed by atoms with Gasteiger partial charge >= 0.3 is 6.03 Å². The van der Waals surface area contributed by atoms with Gasteiger partial charge in [-0.25, -0.2) is 4.79 Å². The molecule has 0 aliphatic carbocycles. The molecule has 1 unspecified atom stereocenters. The molecular formula is C3H7ClN4O. The number of rotatable bonds is 1. The third-order valence-electron chi connectivity index (χ3n) is 0.801. The molecule has 0 aromatic rings. The van der Waals surface area contributed by atoms with E-state index in [2.05, 4.69) is 15.5 Å². The fourth-order valence-electron chi connectivity index (χ4n) is 0.428. The highest BCUT2D eigenvalue weighted by atomic mass is 35.5. The van der Waals surface area contributed by atoms with Crippen LogP contribution in [0.15, 0.2) is 10.2 Å². The number of hydrogen-bond acceptors (Lipinski definition) is 3. The number of azo groups is 1. The number of nitrogens with zero attached hydrogens (tertiary/aromatic N) is 2. The average molecular weight is 151 g/mol. The molecule has 0 saturated heterocycles. The van der Waals surface area contributed by atoms with Crippen LogP contribution in [0.1, 0.15) is 0 Å². The molecule has 6 heteroatoms. The van der Waals surface area contributed by atoms with Crippen LogP contribution in [0.5, 0.6) is 0 Å². The Kier molecular flexibility index (Phi) is 3.11. The maximum Gasteiger partial charge on any atom is 0.361 e. The lowest BCUT2D eigenvalue weighted by atomic mass is 10.5. The van der Waals surface area contributed by atoms with Crippen LogP contribution in [0, 0.1) is 0 Å². The van der Waals surface area contributed by atoms with Crippen molar-refractivity contribution in [3.63, 3.8) is 0 Å². The first kappa shape index (κ1) is 8.32. The zero-order chi connectivity index (χ0) is 5.98. The van der Waals surface area contributed by atoms with Crippen LogP contribution >= 0.6 is 12.4 Å². The smallest absolute Gasteiger partial charge is 0.327 e. The van der Waals surface area contributed by atoms with Crippen molar-refractivity contribution >= 4 is 18.4 Å². The number of urea groups is 1. The van der Waals surface area contributed by atoms with Gasteiger partial charge in [-0.1, -0.05) is 5.11 Å². The second-order valence-electron chi connectivity index (χ2n) is 1.42. The third kappa shape index (κ3) is 1.95. The summed E-state index contributed by atoms with van der Waals surface area (Å²) in [6, 6.07) is -0.402. The van der Waals surface area contributed by atoms with Crippen molar-refractivity contribution in [1.82, 2.24) is 5.32 Å². The monoisotopic (exact) mass is 150 g/mol. The van der Waals surface area contributed by atoms with Crippen molar-refractivity contribution in [2.45, 2.75) is 6.17 Å². The molecule has 3 N–H and O–H groups in total. The molecule has 0 aromatic carbocycles. The Balaban J connectivity index is 0.000000640. The molecule has 1 aliphatic rings. The lowest BCUT2D eigenvalue weighted by molar-refractivity contribution is 0.250. The van der Waals surface area contributed by atoms with E-state index in [0.29, 0.717) is 6.54 Å². The summed E-state index contributed by atoms with van der Waals surface area (Å²) in [5, 5.41) is 9.06. The summed E-state index contributed by atoms with van der Waals surface area (Å²) >= 11 is 0. The van der Waals surface area contributed by atoms with Crippen LogP contribution in [0.25, 0.3) is 0 Å². The van der Waals surface area contributed by atoms with Gasteiger partial charge in [-0.15, -0.1) is 12.4 Å². The first-order valence-corrected chi connectivity index (χ1v) is 2.24. The summed E-state index contributed by atoms with van der Waals surface area (Å²) in [6.45, 7) is 0.315. The molecule has 1 atom stereocenters. The molecule has 0 radical (unpaired) electrons. The van der Waals surface area contributed by atoms with Crippen molar-refractivity contribution in [3.05, 3.63) is 0 Å². The SMILES string of the molecule is Cl.NCC1N=NC(=O)N1. The number of carbonyl (C=O) groups is 1. The van der Waals surface area contributed by atoms with Gasteiger partial charge in [0.05, 0.1) is 0 Å². The predicted octanol–water partition coefficient (Wildman–Crippen LogP) is -0.132. The Morgan fingerprint density at radius 2 is 2.44 bits per heavy atom. The maximum absolute atomic E-state index is 10.2. The zero-order valence-electron chi connectivity index (χ0n) is 4.57. The molecule has 9 heavy (non-hydrogen) atoms. The Morgan fingerprint density at radius 1 is 1.78 bits per heavy atom. The minimum Gasteiger partial charge on any atom is -0.327 e. The summed E-state index contributed by atoms with van der Waals surface area (Å²) < 4.78 is 0. The first-order chi connectivity index (χ1) is 3.83. The van der Waals surface area contributed by atoms with Gasteiger partial charge in [0.2, 0.25) is 0 Å². The quantitative estimate of drug-likeness (QED) is 0.546. The minimum atomic E-state index is -0.402. The highest BCUT2D eigenvalue weighted by Crippen LogP contribution is 1.94. The number of nitrogens with two attached hydrogens (primary N) is 1. The molecule has 1 aliphatic heterocycles. The minimum absolute atomic E-state index is 0. The van der Waals surface area contributed by atoms with E-state index in [4.69, 9.17) is 5.73 Å². The van der Waals surface area contributed by atoms with Gasteiger partial charge in [-0.05, 0) is 0 Å². The molecule has 1 rings (SSSR count). The summed E-state index contributed by atoms with van der Waals surface area (Å²) in [5.74, 6) is 0. The van der Waals surface area contributed by atoms with E-state index >= 15 is 0 Å². The zero-order valence-corrected chi connectivity index (χ0v) is 5.39. The summed E-state index contributed by atoms with van der Waals surface area (Å²) in [6.07, 6.45) is -0.289. The van der Waals surface area contributed by atoms with Crippen LogP contribution in [-0.4, -0.2) is 18.7 Å². The number of carbonyl (C=O) groups excluding carboxylic acids is 1. The Morgan fingerprint density at radius 3 is 2.67 bits per heavy atom. The Hall–Kier alpha value is -0.680. The molecule has 5 nitrogen and oxygen atoms in total. The van der Waals surface area contributed by atoms with Gasteiger partial charge in [0.1, 0.15) is 0 Å². The van der Waals surface area contributed by atoms with Crippen molar-refractivity contribution in [2.24, 2.45) is 16.0 Å². The fourth-order valence-corrected chi connectivity index (χ4v) is 0.428. The van der Waals surface area contributed by atoms with Crippen LogP contribution in [0.3, 0.4) is 0 Å². The van der Waals surface area contributed by atoms with Crippen molar-refractivity contribution in [3.8, 4) is 0 Å². The largest absolute Gasteiger partial charge is 0.361 e. The summed E-state index contributed by atoms with van der Waals surface area (Å²) in [5.41, 5.74) is 5.13. The molecule has 0 bridgehead atoms. The van der Waals surface area contributed by atoms with E-state index < -0.39 is 6.03 Å². The van der Waals surface area contributed by atoms with Gasteiger partial charge in [-0.3, -0.25) is 0 Å². The van der Waals surface area contributed by atoms with Crippen molar-refractivity contribution in [1.29, 1.82) is 0 Å². The molecular weight excluding hydrogens is 144 g/mol. The molecule has 0 spiro atoms. The fraction of sp³-hybridized carbons (Fsp3) is 0.667. The molecule has 0 aromatic heterocycles. The average Bonchev–Trinajstić information content (AvgIpc) is 2.14. The van der Waals surface area contributed by atoms with Gasteiger partial charge < -0.3 is 11.1 Å². The van der Waals surface area contributed by atoms with Crippen LogP contribution in [0.2, 0.25) is 0 Å². The lowest BCUT2D eigenvalue weighted by Gasteiger charge is -1.97. The highest BCUT2D eigenvalue weighted by Gasteiger charge is 2.13. The van der Waals surface area contributed by atoms with Crippen molar-refractivity contribution in [2.75, 3.05) is 6.54 Å². The molecule has 52 valence electrons. The third-order valence-corrected chi connectivity index (χ3v) is 0.801. The number of hydrogen-bond donors (Lipinski definition) is 2. The standard InChI is InChI=1S/C3H6N4O.ClH/c4-1-2-5-3(8)7-6-2;/h2H,1,4H2,(H,5,8);1H. The predicted molar refractivity (Wildman–Crippen MR) is 33.5 cm³/mol. The molecule has 2 amide bonds. The maximum atomic E-state index is 10.2. The van der Waals surface area contributed by atoms with E-state index in [1.807, 2.05) is 0 Å². The second-order valence-corrected chi connectivity index (χ2v) is 1.42. The van der Waals surface area contributed by atoms with Crippen LogP contribution < -0.4 is 11.1 Å².